The summed E-state index contributed by atoms with van der Waals surface area (Å²) < 4.78 is 12.7. The topological polar surface area (TPSA) is 94.1 Å². The first-order valence-corrected chi connectivity index (χ1v) is 10.1. The van der Waals surface area contributed by atoms with Crippen LogP contribution in [0.4, 0.5) is 5.82 Å². The molecule has 0 atom stereocenters. The summed E-state index contributed by atoms with van der Waals surface area (Å²) in [6.45, 7) is 4.37. The maximum Gasteiger partial charge on any atom is 0.341 e. The van der Waals surface area contributed by atoms with Gasteiger partial charge in [0.2, 0.25) is 5.88 Å². The maximum absolute atomic E-state index is 12.7. The van der Waals surface area contributed by atoms with Gasteiger partial charge in [0.25, 0.3) is 0 Å². The lowest BCUT2D eigenvalue weighted by atomic mass is 10.2. The van der Waals surface area contributed by atoms with Gasteiger partial charge in [-0.1, -0.05) is 30.3 Å². The van der Waals surface area contributed by atoms with Gasteiger partial charge in [-0.3, -0.25) is 5.10 Å². The minimum Gasteiger partial charge on any atom is -0.478 e. The van der Waals surface area contributed by atoms with Crippen molar-refractivity contribution in [3.05, 3.63) is 72.6 Å². The molecule has 0 aliphatic rings. The van der Waals surface area contributed by atoms with Crippen LogP contribution in [0.5, 0.6) is 5.88 Å². The van der Waals surface area contributed by atoms with E-state index in [2.05, 4.69) is 20.6 Å². The zero-order chi connectivity index (χ0) is 21.6. The molecule has 0 saturated carbocycles. The summed E-state index contributed by atoms with van der Waals surface area (Å²) in [5.41, 5.74) is 2.41. The monoisotopic (exact) mass is 417 g/mol. The number of aromatic nitrogens is 4. The van der Waals surface area contributed by atoms with E-state index in [9.17, 15) is 4.79 Å². The number of fused-ring (bicyclic) bond motifs is 1. The molecule has 0 unspecified atom stereocenters. The fourth-order valence-corrected chi connectivity index (χ4v) is 3.16. The normalized spacial score (nSPS) is 11.5. The van der Waals surface area contributed by atoms with Crippen LogP contribution in [-0.4, -0.2) is 39.2 Å². The number of H-pyrrole nitrogens is 1. The number of aromatic amines is 1. The number of esters is 1. The Bertz CT molecular complexity index is 1210. The molecule has 2 aromatic carbocycles. The fraction of sp³-hybridized carbons (Fsp3) is 0.174. The third kappa shape index (κ3) is 4.28. The molecule has 0 saturated heterocycles. The highest BCUT2D eigenvalue weighted by Crippen LogP contribution is 2.26. The first-order chi connectivity index (χ1) is 15.2. The Kier molecular flexibility index (Phi) is 5.98. The zero-order valence-corrected chi connectivity index (χ0v) is 17.3. The first kappa shape index (κ1) is 20.2. The number of anilines is 1. The van der Waals surface area contributed by atoms with Crippen molar-refractivity contribution in [2.45, 2.75) is 13.8 Å². The number of ether oxygens (including phenoxy) is 2. The quantitative estimate of drug-likeness (QED) is 0.330. The summed E-state index contributed by atoms with van der Waals surface area (Å²) in [6.07, 6.45) is 1.56. The van der Waals surface area contributed by atoms with E-state index in [0.717, 1.165) is 16.6 Å². The van der Waals surface area contributed by atoms with Crippen LogP contribution in [0.1, 0.15) is 19.5 Å². The van der Waals surface area contributed by atoms with Crippen molar-refractivity contribution < 1.29 is 14.3 Å². The molecule has 0 aliphatic carbocycles. The summed E-state index contributed by atoms with van der Waals surface area (Å²) in [7, 11) is 0. The van der Waals surface area contributed by atoms with Gasteiger partial charge in [-0.25, -0.2) is 9.48 Å². The minimum atomic E-state index is -0.490. The molecule has 4 rings (SSSR count). The molecule has 31 heavy (non-hydrogen) atoms. The molecule has 0 amide bonds. The number of nitrogens with zero attached hydrogens (tertiary/aromatic N) is 3. The second-order valence-corrected chi connectivity index (χ2v) is 6.59. The van der Waals surface area contributed by atoms with Gasteiger partial charge >= 0.3 is 5.97 Å². The van der Waals surface area contributed by atoms with Gasteiger partial charge in [0, 0.05) is 17.7 Å². The predicted octanol–water partition coefficient (Wildman–Crippen LogP) is 4.16. The Morgan fingerprint density at radius 1 is 1.10 bits per heavy atom. The smallest absolute Gasteiger partial charge is 0.341 e. The van der Waals surface area contributed by atoms with Gasteiger partial charge in [0.05, 0.1) is 24.4 Å². The van der Waals surface area contributed by atoms with Crippen molar-refractivity contribution in [2.24, 2.45) is 0 Å². The number of benzene rings is 2. The second kappa shape index (κ2) is 9.17. The average molecular weight is 417 g/mol. The molecule has 8 nitrogen and oxygen atoms in total. The van der Waals surface area contributed by atoms with Gasteiger partial charge in [-0.05, 0) is 38.1 Å². The minimum absolute atomic E-state index is 0.249. The van der Waals surface area contributed by atoms with E-state index in [4.69, 9.17) is 9.47 Å². The Morgan fingerprint density at radius 3 is 2.65 bits per heavy atom. The molecule has 0 spiro atoms. The summed E-state index contributed by atoms with van der Waals surface area (Å²) in [5.74, 6) is 0.643. The maximum atomic E-state index is 12.7. The van der Waals surface area contributed by atoms with Crippen LogP contribution in [0, 0.1) is 0 Å². The van der Waals surface area contributed by atoms with Crippen LogP contribution in [0.15, 0.2) is 66.9 Å². The standard InChI is InChI=1S/C23H23N5O3/c1-3-30-21-14-20(27-28(21)16-10-6-5-7-11-16)18(23(29)31-4-2)15-24-22-17-12-8-9-13-19(17)25-26-22/h5-15H,3-4H2,1-2H3,(H2,24,25,26)/b18-15+. The predicted molar refractivity (Wildman–Crippen MR) is 119 cm³/mol. The lowest BCUT2D eigenvalue weighted by Crippen LogP contribution is -2.10. The van der Waals surface area contributed by atoms with Crippen molar-refractivity contribution in [1.82, 2.24) is 20.0 Å². The SMILES string of the molecule is CCOC(=O)/C(=C/Nc1n[nH]c2ccccc12)c1cc(OCC)n(-c2ccccc2)n1. The summed E-state index contributed by atoms with van der Waals surface area (Å²) in [4.78, 5) is 12.7. The van der Waals surface area contributed by atoms with Crippen LogP contribution in [0.25, 0.3) is 22.2 Å². The lowest BCUT2D eigenvalue weighted by Gasteiger charge is -2.07. The van der Waals surface area contributed by atoms with E-state index in [0.29, 0.717) is 24.0 Å². The molecule has 2 aromatic heterocycles. The van der Waals surface area contributed by atoms with Crippen molar-refractivity contribution in [2.75, 3.05) is 18.5 Å². The van der Waals surface area contributed by atoms with Crippen LogP contribution < -0.4 is 10.1 Å². The Hall–Kier alpha value is -4.07. The second-order valence-electron chi connectivity index (χ2n) is 6.59. The van der Waals surface area contributed by atoms with E-state index in [-0.39, 0.29) is 12.2 Å². The van der Waals surface area contributed by atoms with Crippen molar-refractivity contribution >= 4 is 28.3 Å². The fourth-order valence-electron chi connectivity index (χ4n) is 3.16. The highest BCUT2D eigenvalue weighted by atomic mass is 16.5. The highest BCUT2D eigenvalue weighted by Gasteiger charge is 2.20. The van der Waals surface area contributed by atoms with Gasteiger partial charge in [-0.2, -0.15) is 10.2 Å². The van der Waals surface area contributed by atoms with Crippen molar-refractivity contribution in [3.8, 4) is 11.6 Å². The number of rotatable bonds is 8. The van der Waals surface area contributed by atoms with Crippen LogP contribution >= 0.6 is 0 Å². The van der Waals surface area contributed by atoms with Gasteiger partial charge in [-0.15, -0.1) is 0 Å². The number of nitrogens with one attached hydrogen (secondary N) is 2. The molecule has 0 bridgehead atoms. The Labute approximate surface area is 179 Å². The summed E-state index contributed by atoms with van der Waals surface area (Å²) in [5, 5.41) is 15.9. The molecule has 158 valence electrons. The molecule has 4 aromatic rings. The number of hydrogen-bond acceptors (Lipinski definition) is 6. The summed E-state index contributed by atoms with van der Waals surface area (Å²) in [6, 6.07) is 19.0. The van der Waals surface area contributed by atoms with Gasteiger partial charge in [0.1, 0.15) is 11.3 Å². The molecule has 2 N–H and O–H groups in total. The largest absolute Gasteiger partial charge is 0.478 e. The van der Waals surface area contributed by atoms with Crippen molar-refractivity contribution in [1.29, 1.82) is 0 Å². The third-order valence-corrected chi connectivity index (χ3v) is 4.56. The number of carbonyl (C=O) groups is 1. The average Bonchev–Trinajstić information content (AvgIpc) is 3.40. The molecule has 0 radical (unpaired) electrons. The van der Waals surface area contributed by atoms with E-state index in [1.807, 2.05) is 61.5 Å². The zero-order valence-electron chi connectivity index (χ0n) is 17.3. The Morgan fingerprint density at radius 2 is 1.87 bits per heavy atom. The van der Waals surface area contributed by atoms with Crippen LogP contribution in [0.3, 0.4) is 0 Å². The van der Waals surface area contributed by atoms with E-state index >= 15 is 0 Å². The molecular formula is C23H23N5O3. The van der Waals surface area contributed by atoms with E-state index < -0.39 is 5.97 Å². The Balaban J connectivity index is 1.74. The number of para-hydroxylation sites is 2. The number of carbonyl (C=O) groups excluding carboxylic acids is 1. The van der Waals surface area contributed by atoms with Gasteiger partial charge < -0.3 is 14.8 Å². The molecular weight excluding hydrogens is 394 g/mol. The highest BCUT2D eigenvalue weighted by molar-refractivity contribution is 6.16. The molecule has 8 heteroatoms. The molecule has 0 aliphatic heterocycles. The van der Waals surface area contributed by atoms with Crippen molar-refractivity contribution in [3.63, 3.8) is 0 Å². The van der Waals surface area contributed by atoms with E-state index in [1.165, 1.54) is 0 Å². The van der Waals surface area contributed by atoms with Gasteiger partial charge in [0.15, 0.2) is 5.82 Å². The van der Waals surface area contributed by atoms with Crippen LogP contribution in [-0.2, 0) is 9.53 Å². The summed E-state index contributed by atoms with van der Waals surface area (Å²) >= 11 is 0. The first-order valence-electron chi connectivity index (χ1n) is 10.1. The van der Waals surface area contributed by atoms with Crippen LogP contribution in [0.2, 0.25) is 0 Å². The lowest BCUT2D eigenvalue weighted by molar-refractivity contribution is -0.136. The van der Waals surface area contributed by atoms with E-state index in [1.54, 1.807) is 23.9 Å². The molecule has 2 heterocycles. The third-order valence-electron chi connectivity index (χ3n) is 4.56. The molecule has 0 fully saturated rings. The number of hydrogen-bond donors (Lipinski definition) is 2.